The third-order valence-corrected chi connectivity index (χ3v) is 4.00. The van der Waals surface area contributed by atoms with E-state index < -0.39 is 5.97 Å². The second kappa shape index (κ2) is 6.09. The summed E-state index contributed by atoms with van der Waals surface area (Å²) >= 11 is 1.61. The second-order valence-electron chi connectivity index (χ2n) is 4.74. The Hall–Kier alpha value is -1.82. The number of aliphatic carboxylic acids is 1. The quantitative estimate of drug-likeness (QED) is 0.915. The molecule has 0 unspecified atom stereocenters. The van der Waals surface area contributed by atoms with E-state index in [0.29, 0.717) is 12.8 Å². The molecule has 0 radical (unpaired) electrons. The first-order chi connectivity index (χ1) is 9.45. The molecule has 2 aromatic heterocycles. The first kappa shape index (κ1) is 14.6. The van der Waals surface area contributed by atoms with Crippen molar-refractivity contribution in [3.63, 3.8) is 0 Å². The van der Waals surface area contributed by atoms with E-state index in [9.17, 15) is 4.79 Å². The third kappa shape index (κ3) is 3.60. The minimum atomic E-state index is -0.800. The van der Waals surface area contributed by atoms with Crippen LogP contribution in [-0.4, -0.2) is 26.0 Å². The van der Waals surface area contributed by atoms with Crippen LogP contribution in [0.3, 0.4) is 0 Å². The molecule has 2 heterocycles. The average Bonchev–Trinajstić information content (AvgIpc) is 2.73. The Kier molecular flexibility index (Phi) is 4.44. The van der Waals surface area contributed by atoms with Crippen molar-refractivity contribution in [2.75, 3.05) is 0 Å². The monoisotopic (exact) mass is 291 g/mol. The summed E-state index contributed by atoms with van der Waals surface area (Å²) in [7, 11) is 0. The van der Waals surface area contributed by atoms with E-state index in [-0.39, 0.29) is 6.42 Å². The van der Waals surface area contributed by atoms with Crippen LogP contribution in [-0.2, 0) is 17.6 Å². The molecule has 1 N–H and O–H groups in total. The third-order valence-electron chi connectivity index (χ3n) is 3.03. The molecule has 2 aromatic rings. The van der Waals surface area contributed by atoms with Gasteiger partial charge in [-0.2, -0.15) is 0 Å². The van der Waals surface area contributed by atoms with E-state index in [1.54, 1.807) is 11.3 Å². The molecule has 0 atom stereocenters. The van der Waals surface area contributed by atoms with Crippen LogP contribution in [0.25, 0.3) is 0 Å². The van der Waals surface area contributed by atoms with Crippen molar-refractivity contribution in [1.29, 1.82) is 0 Å². The lowest BCUT2D eigenvalue weighted by Gasteiger charge is -2.09. The highest BCUT2D eigenvalue weighted by Crippen LogP contribution is 2.16. The summed E-state index contributed by atoms with van der Waals surface area (Å²) in [6, 6.07) is 0. The van der Waals surface area contributed by atoms with Crippen LogP contribution < -0.4 is 0 Å². The highest BCUT2D eigenvalue weighted by molar-refractivity contribution is 7.09. The zero-order valence-corrected chi connectivity index (χ0v) is 12.6. The molecule has 0 aliphatic carbocycles. The maximum atomic E-state index is 10.7. The maximum absolute atomic E-state index is 10.7. The fraction of sp³-hybridized carbons (Fsp3) is 0.429. The molecule has 0 aromatic carbocycles. The SMILES string of the molecule is Cc1csc(Cc2nc(C)c(CCC(=O)O)c(C)n2)n1. The van der Waals surface area contributed by atoms with Gasteiger partial charge in [0.2, 0.25) is 0 Å². The smallest absolute Gasteiger partial charge is 0.303 e. The van der Waals surface area contributed by atoms with E-state index in [1.165, 1.54) is 0 Å². The first-order valence-electron chi connectivity index (χ1n) is 6.41. The van der Waals surface area contributed by atoms with Crippen LogP contribution in [0.1, 0.15) is 39.9 Å². The van der Waals surface area contributed by atoms with E-state index >= 15 is 0 Å². The normalized spacial score (nSPS) is 10.8. The van der Waals surface area contributed by atoms with Gasteiger partial charge in [-0.1, -0.05) is 0 Å². The number of nitrogens with zero attached hydrogens (tertiary/aromatic N) is 3. The molecule has 0 spiro atoms. The van der Waals surface area contributed by atoms with Crippen LogP contribution in [0.4, 0.5) is 0 Å². The molecule has 0 bridgehead atoms. The number of thiazole rings is 1. The predicted molar refractivity (Wildman–Crippen MR) is 77.1 cm³/mol. The fourth-order valence-corrected chi connectivity index (χ4v) is 2.87. The zero-order valence-electron chi connectivity index (χ0n) is 11.8. The lowest BCUT2D eigenvalue weighted by atomic mass is 10.1. The van der Waals surface area contributed by atoms with E-state index in [1.807, 2.05) is 26.2 Å². The molecule has 6 heteroatoms. The molecule has 0 saturated heterocycles. The minimum absolute atomic E-state index is 0.107. The van der Waals surface area contributed by atoms with Crippen LogP contribution in [0, 0.1) is 20.8 Å². The van der Waals surface area contributed by atoms with Gasteiger partial charge in [-0.3, -0.25) is 4.79 Å². The van der Waals surface area contributed by atoms with Crippen LogP contribution in [0.2, 0.25) is 0 Å². The largest absolute Gasteiger partial charge is 0.481 e. The van der Waals surface area contributed by atoms with Gasteiger partial charge >= 0.3 is 5.97 Å². The number of carboxylic acid groups (broad SMARTS) is 1. The Morgan fingerprint density at radius 1 is 1.20 bits per heavy atom. The topological polar surface area (TPSA) is 76.0 Å². The first-order valence-corrected chi connectivity index (χ1v) is 7.29. The molecule has 0 aliphatic rings. The summed E-state index contributed by atoms with van der Waals surface area (Å²) < 4.78 is 0. The number of hydrogen-bond donors (Lipinski definition) is 1. The highest BCUT2D eigenvalue weighted by atomic mass is 32.1. The Bertz CT molecular complexity index is 614. The Labute approximate surface area is 121 Å². The van der Waals surface area contributed by atoms with Gasteiger partial charge in [-0.15, -0.1) is 11.3 Å². The lowest BCUT2D eigenvalue weighted by Crippen LogP contribution is -2.08. The molecular weight excluding hydrogens is 274 g/mol. The fourth-order valence-electron chi connectivity index (χ4n) is 2.10. The van der Waals surface area contributed by atoms with Gasteiger partial charge < -0.3 is 5.11 Å². The van der Waals surface area contributed by atoms with Crippen molar-refractivity contribution in [2.24, 2.45) is 0 Å². The molecule has 20 heavy (non-hydrogen) atoms. The van der Waals surface area contributed by atoms with Gasteiger partial charge in [-0.05, 0) is 32.8 Å². The zero-order chi connectivity index (χ0) is 14.7. The number of carbonyl (C=O) groups is 1. The number of rotatable bonds is 5. The van der Waals surface area contributed by atoms with Gasteiger partial charge in [0.25, 0.3) is 0 Å². The molecule has 2 rings (SSSR count). The summed E-state index contributed by atoms with van der Waals surface area (Å²) in [6.07, 6.45) is 1.21. The van der Waals surface area contributed by atoms with Gasteiger partial charge in [0.1, 0.15) is 10.8 Å². The number of aromatic nitrogens is 3. The summed E-state index contributed by atoms with van der Waals surface area (Å²) in [5.41, 5.74) is 3.67. The molecule has 0 fully saturated rings. The molecule has 5 nitrogen and oxygen atoms in total. The van der Waals surface area contributed by atoms with Gasteiger partial charge in [0.15, 0.2) is 0 Å². The van der Waals surface area contributed by atoms with Crippen LogP contribution in [0.5, 0.6) is 0 Å². The second-order valence-corrected chi connectivity index (χ2v) is 5.69. The molecule has 106 valence electrons. The van der Waals surface area contributed by atoms with Crippen molar-refractivity contribution in [3.05, 3.63) is 38.9 Å². The number of carboxylic acids is 1. The van der Waals surface area contributed by atoms with E-state index in [0.717, 1.165) is 33.5 Å². The van der Waals surface area contributed by atoms with Gasteiger partial charge in [0.05, 0.1) is 6.42 Å². The van der Waals surface area contributed by atoms with Crippen LogP contribution >= 0.6 is 11.3 Å². The minimum Gasteiger partial charge on any atom is -0.481 e. The Morgan fingerprint density at radius 3 is 2.35 bits per heavy atom. The van der Waals surface area contributed by atoms with Crippen LogP contribution in [0.15, 0.2) is 5.38 Å². The Balaban J connectivity index is 2.18. The Morgan fingerprint density at radius 2 is 1.85 bits per heavy atom. The predicted octanol–water partition coefficient (Wildman–Crippen LogP) is 2.47. The van der Waals surface area contributed by atoms with Crippen molar-refractivity contribution >= 4 is 17.3 Å². The van der Waals surface area contributed by atoms with Crippen molar-refractivity contribution < 1.29 is 9.90 Å². The summed E-state index contributed by atoms with van der Waals surface area (Å²) in [6.45, 7) is 5.78. The summed E-state index contributed by atoms with van der Waals surface area (Å²) in [5, 5.41) is 11.8. The summed E-state index contributed by atoms with van der Waals surface area (Å²) in [5.74, 6) is -0.0560. The van der Waals surface area contributed by atoms with E-state index in [4.69, 9.17) is 5.11 Å². The number of aryl methyl sites for hydroxylation is 3. The van der Waals surface area contributed by atoms with Crippen molar-refractivity contribution in [2.45, 2.75) is 40.0 Å². The average molecular weight is 291 g/mol. The number of hydrogen-bond acceptors (Lipinski definition) is 5. The van der Waals surface area contributed by atoms with Crippen molar-refractivity contribution in [3.8, 4) is 0 Å². The van der Waals surface area contributed by atoms with E-state index in [2.05, 4.69) is 15.0 Å². The molecule has 0 amide bonds. The van der Waals surface area contributed by atoms with Gasteiger partial charge in [-0.25, -0.2) is 15.0 Å². The maximum Gasteiger partial charge on any atom is 0.303 e. The lowest BCUT2D eigenvalue weighted by molar-refractivity contribution is -0.136. The standard InChI is InChI=1S/C14H17N3O2S/c1-8-7-20-13(15-8)6-12-16-9(2)11(10(3)17-12)4-5-14(18)19/h7H,4-6H2,1-3H3,(H,18,19). The van der Waals surface area contributed by atoms with Gasteiger partial charge in [0, 0.05) is 28.9 Å². The van der Waals surface area contributed by atoms with Crippen molar-refractivity contribution in [1.82, 2.24) is 15.0 Å². The highest BCUT2D eigenvalue weighted by Gasteiger charge is 2.11. The molecular formula is C14H17N3O2S. The molecule has 0 aliphatic heterocycles. The summed E-state index contributed by atoms with van der Waals surface area (Å²) in [4.78, 5) is 24.0. The molecule has 0 saturated carbocycles.